The zero-order chi connectivity index (χ0) is 16.7. The van der Waals surface area contributed by atoms with Crippen LogP contribution in [-0.4, -0.2) is 47.0 Å². The Morgan fingerprint density at radius 2 is 2.09 bits per heavy atom. The van der Waals surface area contributed by atoms with Gasteiger partial charge in [0.15, 0.2) is 0 Å². The summed E-state index contributed by atoms with van der Waals surface area (Å²) in [6.07, 6.45) is 2.31. The topological polar surface area (TPSA) is 92.5 Å². The van der Waals surface area contributed by atoms with Crippen LogP contribution in [0.4, 0.5) is 5.69 Å². The van der Waals surface area contributed by atoms with Crippen molar-refractivity contribution in [2.24, 2.45) is 0 Å². The summed E-state index contributed by atoms with van der Waals surface area (Å²) in [6, 6.07) is 6.12. The van der Waals surface area contributed by atoms with Crippen LogP contribution in [0.1, 0.15) is 19.3 Å². The lowest BCUT2D eigenvalue weighted by Crippen LogP contribution is -2.31. The van der Waals surface area contributed by atoms with Crippen LogP contribution in [0.25, 0.3) is 0 Å². The molecule has 0 aliphatic carbocycles. The average Bonchev–Trinajstić information content (AvgIpc) is 2.95. The number of rotatable bonds is 8. The fourth-order valence-corrected chi connectivity index (χ4v) is 3.03. The second kappa shape index (κ2) is 8.52. The first-order valence-electron chi connectivity index (χ1n) is 7.48. The van der Waals surface area contributed by atoms with Gasteiger partial charge in [-0.3, -0.25) is 19.7 Å². The number of benzene rings is 1. The third-order valence-corrected chi connectivity index (χ3v) is 4.53. The number of nitro benzene ring substituents is 1. The third kappa shape index (κ3) is 5.55. The van der Waals surface area contributed by atoms with E-state index in [2.05, 4.69) is 5.32 Å². The molecule has 124 valence electrons. The number of carbonyl (C=O) groups excluding carboxylic acids is 2. The molecule has 1 aliphatic heterocycles. The summed E-state index contributed by atoms with van der Waals surface area (Å²) >= 11 is 1.33. The molecule has 1 saturated heterocycles. The molecule has 1 aliphatic rings. The third-order valence-electron chi connectivity index (χ3n) is 3.52. The minimum Gasteiger partial charge on any atom is -0.355 e. The Bertz CT molecular complexity index is 577. The van der Waals surface area contributed by atoms with E-state index < -0.39 is 4.92 Å². The van der Waals surface area contributed by atoms with Crippen molar-refractivity contribution in [1.82, 2.24) is 10.2 Å². The van der Waals surface area contributed by atoms with E-state index in [1.807, 2.05) is 4.90 Å². The highest BCUT2D eigenvalue weighted by Gasteiger charge is 2.18. The molecule has 0 saturated carbocycles. The lowest BCUT2D eigenvalue weighted by molar-refractivity contribution is -0.384. The van der Waals surface area contributed by atoms with Crippen molar-refractivity contribution in [3.63, 3.8) is 0 Å². The van der Waals surface area contributed by atoms with Crippen molar-refractivity contribution in [3.05, 3.63) is 34.4 Å². The first-order chi connectivity index (χ1) is 11.1. The molecule has 7 nitrogen and oxygen atoms in total. The van der Waals surface area contributed by atoms with E-state index in [1.54, 1.807) is 12.1 Å². The molecule has 1 aromatic carbocycles. The summed E-state index contributed by atoms with van der Waals surface area (Å²) in [7, 11) is 0. The van der Waals surface area contributed by atoms with Crippen molar-refractivity contribution in [2.45, 2.75) is 24.2 Å². The maximum atomic E-state index is 11.7. The first kappa shape index (κ1) is 17.3. The van der Waals surface area contributed by atoms with Crippen LogP contribution in [-0.2, 0) is 9.59 Å². The van der Waals surface area contributed by atoms with E-state index in [-0.39, 0.29) is 23.3 Å². The Hall–Kier alpha value is -2.09. The van der Waals surface area contributed by atoms with Gasteiger partial charge in [-0.25, -0.2) is 0 Å². The predicted octanol–water partition coefficient (Wildman–Crippen LogP) is 1.82. The maximum absolute atomic E-state index is 11.7. The Labute approximate surface area is 138 Å². The molecule has 0 bridgehead atoms. The van der Waals surface area contributed by atoms with E-state index in [4.69, 9.17) is 0 Å². The second-order valence-electron chi connectivity index (χ2n) is 5.23. The monoisotopic (exact) mass is 337 g/mol. The van der Waals surface area contributed by atoms with E-state index in [1.165, 1.54) is 23.9 Å². The zero-order valence-electron chi connectivity index (χ0n) is 12.7. The molecule has 2 amide bonds. The van der Waals surface area contributed by atoms with Gasteiger partial charge in [0.05, 0.1) is 10.7 Å². The SMILES string of the molecule is O=C(CSc1ccc([N+](=O)[O-])cc1)NCCCN1CCCC1=O. The Morgan fingerprint density at radius 1 is 1.35 bits per heavy atom. The summed E-state index contributed by atoms with van der Waals surface area (Å²) in [6.45, 7) is 2.06. The highest BCUT2D eigenvalue weighted by Crippen LogP contribution is 2.21. The fourth-order valence-electron chi connectivity index (χ4n) is 2.30. The highest BCUT2D eigenvalue weighted by atomic mass is 32.2. The molecular formula is C15H19N3O4S. The van der Waals surface area contributed by atoms with Crippen LogP contribution in [0.3, 0.4) is 0 Å². The van der Waals surface area contributed by atoms with Crippen molar-refractivity contribution < 1.29 is 14.5 Å². The first-order valence-corrected chi connectivity index (χ1v) is 8.46. The molecule has 0 spiro atoms. The molecule has 2 rings (SSSR count). The molecule has 1 N–H and O–H groups in total. The number of likely N-dealkylation sites (tertiary alicyclic amines) is 1. The normalized spacial score (nSPS) is 14.1. The average molecular weight is 337 g/mol. The Balaban J connectivity index is 1.61. The molecular weight excluding hydrogens is 318 g/mol. The smallest absolute Gasteiger partial charge is 0.269 e. The van der Waals surface area contributed by atoms with Crippen LogP contribution in [0.5, 0.6) is 0 Å². The van der Waals surface area contributed by atoms with Gasteiger partial charge in [0.1, 0.15) is 0 Å². The van der Waals surface area contributed by atoms with Crippen LogP contribution in [0.2, 0.25) is 0 Å². The van der Waals surface area contributed by atoms with Gasteiger partial charge < -0.3 is 10.2 Å². The minimum absolute atomic E-state index is 0.0373. The molecule has 1 aromatic rings. The zero-order valence-corrected chi connectivity index (χ0v) is 13.5. The molecule has 0 radical (unpaired) electrons. The predicted molar refractivity (Wildman–Crippen MR) is 87.3 cm³/mol. The van der Waals surface area contributed by atoms with E-state index >= 15 is 0 Å². The summed E-state index contributed by atoms with van der Waals surface area (Å²) in [5.74, 6) is 0.381. The molecule has 0 atom stereocenters. The van der Waals surface area contributed by atoms with Gasteiger partial charge in [-0.1, -0.05) is 0 Å². The summed E-state index contributed by atoms with van der Waals surface area (Å²) in [5, 5.41) is 13.4. The van der Waals surface area contributed by atoms with Gasteiger partial charge in [-0.15, -0.1) is 11.8 Å². The van der Waals surface area contributed by atoms with E-state index in [0.717, 1.165) is 24.3 Å². The molecule has 1 heterocycles. The number of thioether (sulfide) groups is 1. The standard InChI is InChI=1S/C15H19N3O4S/c19-14(16-8-2-10-17-9-1-3-15(17)20)11-23-13-6-4-12(5-7-13)18(21)22/h4-7H,1-3,8-11H2,(H,16,19). The quantitative estimate of drug-likeness (QED) is 0.338. The van der Waals surface area contributed by atoms with Gasteiger partial charge >= 0.3 is 0 Å². The number of hydrogen-bond donors (Lipinski definition) is 1. The number of nitro groups is 1. The number of nitrogens with one attached hydrogen (secondary N) is 1. The van der Waals surface area contributed by atoms with Gasteiger partial charge in [-0.2, -0.15) is 0 Å². The lowest BCUT2D eigenvalue weighted by Gasteiger charge is -2.15. The van der Waals surface area contributed by atoms with Gasteiger partial charge in [0, 0.05) is 43.1 Å². The van der Waals surface area contributed by atoms with E-state index in [0.29, 0.717) is 19.5 Å². The fraction of sp³-hybridized carbons (Fsp3) is 0.467. The summed E-state index contributed by atoms with van der Waals surface area (Å²) in [5.41, 5.74) is 0.0373. The summed E-state index contributed by atoms with van der Waals surface area (Å²) in [4.78, 5) is 35.9. The highest BCUT2D eigenvalue weighted by molar-refractivity contribution is 8.00. The molecule has 0 unspecified atom stereocenters. The number of hydrogen-bond acceptors (Lipinski definition) is 5. The minimum atomic E-state index is -0.452. The molecule has 1 fully saturated rings. The van der Waals surface area contributed by atoms with Crippen LogP contribution in [0, 0.1) is 10.1 Å². The molecule has 23 heavy (non-hydrogen) atoms. The molecule has 8 heteroatoms. The van der Waals surface area contributed by atoms with E-state index in [9.17, 15) is 19.7 Å². The summed E-state index contributed by atoms with van der Waals surface area (Å²) < 4.78 is 0. The number of carbonyl (C=O) groups is 2. The van der Waals surface area contributed by atoms with Crippen molar-refractivity contribution >= 4 is 29.3 Å². The maximum Gasteiger partial charge on any atom is 0.269 e. The van der Waals surface area contributed by atoms with Gasteiger partial charge in [0.2, 0.25) is 11.8 Å². The number of amides is 2. The van der Waals surface area contributed by atoms with Gasteiger partial charge in [0.25, 0.3) is 5.69 Å². The van der Waals surface area contributed by atoms with Crippen LogP contribution in [0.15, 0.2) is 29.2 Å². The molecule has 0 aromatic heterocycles. The van der Waals surface area contributed by atoms with Crippen molar-refractivity contribution in [3.8, 4) is 0 Å². The lowest BCUT2D eigenvalue weighted by atomic mass is 10.3. The van der Waals surface area contributed by atoms with Crippen LogP contribution < -0.4 is 5.32 Å². The van der Waals surface area contributed by atoms with Crippen LogP contribution >= 0.6 is 11.8 Å². The largest absolute Gasteiger partial charge is 0.355 e. The van der Waals surface area contributed by atoms with Gasteiger partial charge in [-0.05, 0) is 25.0 Å². The van der Waals surface area contributed by atoms with Crippen molar-refractivity contribution in [2.75, 3.05) is 25.4 Å². The second-order valence-corrected chi connectivity index (χ2v) is 6.28. The Morgan fingerprint density at radius 3 is 2.70 bits per heavy atom. The van der Waals surface area contributed by atoms with Crippen molar-refractivity contribution in [1.29, 1.82) is 0 Å². The Kier molecular flexibility index (Phi) is 6.40. The number of non-ortho nitro benzene ring substituents is 1. The number of nitrogens with zero attached hydrogens (tertiary/aromatic N) is 2.